The number of carbonyl (C=O) groups is 2. The Morgan fingerprint density at radius 3 is 2.50 bits per heavy atom. The van der Waals surface area contributed by atoms with Crippen LogP contribution in [0.1, 0.15) is 35.7 Å². The summed E-state index contributed by atoms with van der Waals surface area (Å²) in [7, 11) is 2.22. The number of piperidine rings is 3. The molecule has 0 radical (unpaired) electrons. The predicted molar refractivity (Wildman–Crippen MR) is 128 cm³/mol. The smallest absolute Gasteiger partial charge is 0.319 e. The molecular formula is C26H34N4O2. The number of nitrogens with zero attached hydrogens (tertiary/aromatic N) is 2. The number of carbonyl (C=O) groups excluding carboxylic acids is 2. The van der Waals surface area contributed by atoms with E-state index in [1.54, 1.807) is 24.3 Å². The highest BCUT2D eigenvalue weighted by Gasteiger charge is 2.40. The van der Waals surface area contributed by atoms with Crippen molar-refractivity contribution in [1.29, 1.82) is 0 Å². The summed E-state index contributed by atoms with van der Waals surface area (Å²) in [5.74, 6) is 1.45. The van der Waals surface area contributed by atoms with E-state index in [1.807, 2.05) is 0 Å². The molecule has 2 N–H and O–H groups in total. The summed E-state index contributed by atoms with van der Waals surface area (Å²) < 4.78 is 0. The molecule has 170 valence electrons. The number of rotatable bonds is 8. The van der Waals surface area contributed by atoms with Crippen LogP contribution < -0.4 is 10.6 Å². The quantitative estimate of drug-likeness (QED) is 0.620. The van der Waals surface area contributed by atoms with Gasteiger partial charge in [0.1, 0.15) is 0 Å². The van der Waals surface area contributed by atoms with Crippen molar-refractivity contribution in [1.82, 2.24) is 15.1 Å². The maximum Gasteiger partial charge on any atom is 0.319 e. The van der Waals surface area contributed by atoms with Gasteiger partial charge < -0.3 is 15.5 Å². The maximum atomic E-state index is 12.3. The highest BCUT2D eigenvalue weighted by molar-refractivity contribution is 5.95. The summed E-state index contributed by atoms with van der Waals surface area (Å²) in [5.41, 5.74) is 2.70. The van der Waals surface area contributed by atoms with Gasteiger partial charge >= 0.3 is 6.03 Å². The van der Waals surface area contributed by atoms with Crippen molar-refractivity contribution >= 4 is 17.5 Å². The molecule has 5 rings (SSSR count). The van der Waals surface area contributed by atoms with Crippen LogP contribution in [-0.4, -0.2) is 60.9 Å². The lowest BCUT2D eigenvalue weighted by molar-refractivity contribution is -0.00889. The maximum absolute atomic E-state index is 12.3. The van der Waals surface area contributed by atoms with Gasteiger partial charge in [-0.2, -0.15) is 0 Å². The monoisotopic (exact) mass is 434 g/mol. The second-order valence-corrected chi connectivity index (χ2v) is 9.34. The summed E-state index contributed by atoms with van der Waals surface area (Å²) >= 11 is 0. The number of anilines is 1. The third-order valence-corrected chi connectivity index (χ3v) is 6.90. The SMILES string of the molecule is CC(=O)c1ccc(NC(=O)NCC2CC3CCN2CC3CN(C)Cc2ccccc2)cc1. The Morgan fingerprint density at radius 1 is 1.09 bits per heavy atom. The zero-order valence-electron chi connectivity index (χ0n) is 19.1. The molecule has 4 unspecified atom stereocenters. The molecule has 2 bridgehead atoms. The van der Waals surface area contributed by atoms with Crippen LogP contribution in [-0.2, 0) is 6.54 Å². The Kier molecular flexibility index (Phi) is 7.22. The molecule has 0 aliphatic carbocycles. The number of hydrogen-bond acceptors (Lipinski definition) is 4. The van der Waals surface area contributed by atoms with Crippen LogP contribution in [0.25, 0.3) is 0 Å². The minimum Gasteiger partial charge on any atom is -0.336 e. The summed E-state index contributed by atoms with van der Waals surface area (Å²) in [4.78, 5) is 28.7. The van der Waals surface area contributed by atoms with E-state index < -0.39 is 0 Å². The van der Waals surface area contributed by atoms with E-state index in [0.717, 1.165) is 38.5 Å². The topological polar surface area (TPSA) is 64.7 Å². The molecule has 2 aromatic rings. The number of urea groups is 1. The molecule has 6 nitrogen and oxygen atoms in total. The highest BCUT2D eigenvalue weighted by Crippen LogP contribution is 2.36. The number of amides is 2. The normalized spacial score (nSPS) is 24.3. The molecule has 32 heavy (non-hydrogen) atoms. The number of nitrogens with one attached hydrogen (secondary N) is 2. The van der Waals surface area contributed by atoms with Gasteiger partial charge in [-0.1, -0.05) is 30.3 Å². The molecule has 3 fully saturated rings. The Balaban J connectivity index is 1.22. The van der Waals surface area contributed by atoms with Gasteiger partial charge in [-0.3, -0.25) is 9.69 Å². The summed E-state index contributed by atoms with van der Waals surface area (Å²) in [6.07, 6.45) is 2.41. The van der Waals surface area contributed by atoms with E-state index in [2.05, 4.69) is 57.8 Å². The van der Waals surface area contributed by atoms with Gasteiger partial charge in [0.15, 0.2) is 5.78 Å². The number of hydrogen-bond donors (Lipinski definition) is 2. The molecule has 3 aliphatic rings. The number of benzene rings is 2. The standard InChI is InChI=1S/C26H34N4O2/c1-19(31)21-8-10-24(11-9-21)28-26(32)27-15-25-14-22-12-13-30(25)18-23(22)17-29(2)16-20-6-4-3-5-7-20/h3-11,22-23,25H,12-18H2,1-2H3,(H2,27,28,32). The zero-order valence-corrected chi connectivity index (χ0v) is 19.1. The van der Waals surface area contributed by atoms with Crippen molar-refractivity contribution in [3.8, 4) is 0 Å². The molecule has 2 aromatic carbocycles. The van der Waals surface area contributed by atoms with Crippen LogP contribution in [0.5, 0.6) is 0 Å². The van der Waals surface area contributed by atoms with E-state index >= 15 is 0 Å². The fourth-order valence-electron chi connectivity index (χ4n) is 5.20. The molecule has 4 atom stereocenters. The molecule has 0 saturated carbocycles. The lowest BCUT2D eigenvalue weighted by Gasteiger charge is -2.50. The molecule has 3 heterocycles. The lowest BCUT2D eigenvalue weighted by atomic mass is 9.75. The number of fused-ring (bicyclic) bond motifs is 3. The van der Waals surface area contributed by atoms with E-state index in [0.29, 0.717) is 29.8 Å². The summed E-state index contributed by atoms with van der Waals surface area (Å²) in [6.45, 7) is 6.55. The second-order valence-electron chi connectivity index (χ2n) is 9.34. The van der Waals surface area contributed by atoms with Gasteiger partial charge in [0.2, 0.25) is 0 Å². The Labute approximate surface area is 191 Å². The molecule has 3 saturated heterocycles. The predicted octanol–water partition coefficient (Wildman–Crippen LogP) is 3.85. The van der Waals surface area contributed by atoms with Crippen LogP contribution in [0.3, 0.4) is 0 Å². The number of Topliss-reactive ketones (excluding diaryl/α,β-unsaturated/α-hetero) is 1. The van der Waals surface area contributed by atoms with Gasteiger partial charge in [0, 0.05) is 43.5 Å². The van der Waals surface area contributed by atoms with Crippen molar-refractivity contribution in [3.05, 3.63) is 65.7 Å². The average molecular weight is 435 g/mol. The third-order valence-electron chi connectivity index (χ3n) is 6.90. The Hall–Kier alpha value is -2.70. The van der Waals surface area contributed by atoms with Gasteiger partial charge in [-0.05, 0) is 75.0 Å². The third kappa shape index (κ3) is 5.75. The zero-order chi connectivity index (χ0) is 22.5. The molecule has 6 heteroatoms. The first kappa shape index (κ1) is 22.5. The first-order chi connectivity index (χ1) is 15.5. The van der Waals surface area contributed by atoms with Crippen molar-refractivity contribution in [2.24, 2.45) is 11.8 Å². The van der Waals surface area contributed by atoms with Gasteiger partial charge in [-0.15, -0.1) is 0 Å². The van der Waals surface area contributed by atoms with Crippen molar-refractivity contribution in [2.45, 2.75) is 32.4 Å². The van der Waals surface area contributed by atoms with Crippen LogP contribution in [0, 0.1) is 11.8 Å². The summed E-state index contributed by atoms with van der Waals surface area (Å²) in [6, 6.07) is 17.9. The molecular weight excluding hydrogens is 400 g/mol. The molecule has 2 amide bonds. The van der Waals surface area contributed by atoms with E-state index in [-0.39, 0.29) is 11.8 Å². The largest absolute Gasteiger partial charge is 0.336 e. The minimum absolute atomic E-state index is 0.0203. The van der Waals surface area contributed by atoms with Crippen molar-refractivity contribution in [2.75, 3.05) is 38.5 Å². The van der Waals surface area contributed by atoms with Crippen LogP contribution in [0.15, 0.2) is 54.6 Å². The average Bonchev–Trinajstić information content (AvgIpc) is 2.79. The fraction of sp³-hybridized carbons (Fsp3) is 0.462. The highest BCUT2D eigenvalue weighted by atomic mass is 16.2. The van der Waals surface area contributed by atoms with Crippen molar-refractivity contribution in [3.63, 3.8) is 0 Å². The van der Waals surface area contributed by atoms with Crippen LogP contribution in [0.4, 0.5) is 10.5 Å². The first-order valence-corrected chi connectivity index (χ1v) is 11.6. The molecule has 3 aliphatic heterocycles. The van der Waals surface area contributed by atoms with E-state index in [1.165, 1.54) is 18.9 Å². The molecule has 0 spiro atoms. The van der Waals surface area contributed by atoms with Crippen LogP contribution in [0.2, 0.25) is 0 Å². The van der Waals surface area contributed by atoms with Crippen molar-refractivity contribution < 1.29 is 9.59 Å². The van der Waals surface area contributed by atoms with Crippen LogP contribution >= 0.6 is 0 Å². The van der Waals surface area contributed by atoms with Gasteiger partial charge in [0.25, 0.3) is 0 Å². The van der Waals surface area contributed by atoms with E-state index in [4.69, 9.17) is 0 Å². The molecule has 0 aromatic heterocycles. The lowest BCUT2D eigenvalue weighted by Crippen LogP contribution is -2.58. The Bertz CT molecular complexity index is 915. The minimum atomic E-state index is -0.192. The van der Waals surface area contributed by atoms with Gasteiger partial charge in [-0.25, -0.2) is 4.79 Å². The number of ketones is 1. The Morgan fingerprint density at radius 2 is 1.84 bits per heavy atom. The van der Waals surface area contributed by atoms with E-state index in [9.17, 15) is 9.59 Å². The van der Waals surface area contributed by atoms with Gasteiger partial charge in [0.05, 0.1) is 0 Å². The summed E-state index contributed by atoms with van der Waals surface area (Å²) in [5, 5.41) is 5.91. The first-order valence-electron chi connectivity index (χ1n) is 11.6. The second kappa shape index (κ2) is 10.3. The fourth-order valence-corrected chi connectivity index (χ4v) is 5.20.